The smallest absolute Gasteiger partial charge is 0.193 e. The zero-order valence-corrected chi connectivity index (χ0v) is 5.13. The zero-order chi connectivity index (χ0) is 6.08. The first kappa shape index (κ1) is 7.17. The van der Waals surface area contributed by atoms with Gasteiger partial charge in [-0.1, -0.05) is 0 Å². The van der Waals surface area contributed by atoms with Crippen molar-refractivity contribution in [1.82, 2.24) is 0 Å². The summed E-state index contributed by atoms with van der Waals surface area (Å²) in [5.41, 5.74) is 0. The van der Waals surface area contributed by atoms with Gasteiger partial charge in [0, 0.05) is 0 Å². The van der Waals surface area contributed by atoms with Crippen LogP contribution in [0, 0.1) is 0 Å². The fourth-order valence-electron chi connectivity index (χ4n) is 0. The van der Waals surface area contributed by atoms with Gasteiger partial charge in [0.2, 0.25) is 0 Å². The summed E-state index contributed by atoms with van der Waals surface area (Å²) < 4.78 is 29.0. The lowest BCUT2D eigenvalue weighted by atomic mass is 11.0. The molecule has 0 aliphatic carbocycles. The molecule has 5 heteroatoms. The highest BCUT2D eigenvalue weighted by Gasteiger charge is 2.14. The molecule has 0 fully saturated rings. The summed E-state index contributed by atoms with van der Waals surface area (Å²) in [5, 5.41) is 0. The van der Waals surface area contributed by atoms with Gasteiger partial charge in [0.05, 0.1) is 0 Å². The van der Waals surface area contributed by atoms with Gasteiger partial charge in [-0.3, -0.25) is 0 Å². The average molecular weight is 147 g/mol. The van der Waals surface area contributed by atoms with Gasteiger partial charge in [-0.25, -0.2) is 0 Å². The van der Waals surface area contributed by atoms with E-state index in [-0.39, 0.29) is 0 Å². The van der Waals surface area contributed by atoms with Gasteiger partial charge in [0.15, 0.2) is 4.71 Å². The Balaban J connectivity index is 4.10. The lowest BCUT2D eigenvalue weighted by molar-refractivity contribution is 0.550. The van der Waals surface area contributed by atoms with Crippen LogP contribution in [0.1, 0.15) is 6.92 Å². The normalized spacial score (nSPS) is 16.4. The van der Waals surface area contributed by atoms with E-state index in [1.54, 1.807) is 0 Å². The van der Waals surface area contributed by atoms with Crippen LogP contribution in [0.2, 0.25) is 0 Å². The molecule has 44 valence electrons. The topological polar surface area (TPSA) is 34.1 Å². The van der Waals surface area contributed by atoms with Crippen molar-refractivity contribution in [3.05, 3.63) is 0 Å². The van der Waals surface area contributed by atoms with Crippen molar-refractivity contribution in [2.75, 3.05) is 0 Å². The van der Waals surface area contributed by atoms with Crippen LogP contribution in [0.4, 0.5) is 3.89 Å². The van der Waals surface area contributed by atoms with Crippen LogP contribution in [0.3, 0.4) is 0 Å². The molecule has 1 atom stereocenters. The van der Waals surface area contributed by atoms with Crippen molar-refractivity contribution in [1.29, 1.82) is 0 Å². The van der Waals surface area contributed by atoms with Crippen LogP contribution in [0.25, 0.3) is 0 Å². The monoisotopic (exact) mass is 146 g/mol. The Morgan fingerprint density at radius 1 is 1.71 bits per heavy atom. The number of hydrogen-bond donors (Lipinski definition) is 0. The van der Waals surface area contributed by atoms with Crippen LogP contribution in [0.15, 0.2) is 0 Å². The van der Waals surface area contributed by atoms with E-state index >= 15 is 0 Å². The van der Waals surface area contributed by atoms with Crippen molar-refractivity contribution in [3.8, 4) is 0 Å². The second kappa shape index (κ2) is 1.96. The van der Waals surface area contributed by atoms with E-state index in [2.05, 4.69) is 0 Å². The SMILES string of the molecule is CC(Cl)S(=O)(=O)F. The van der Waals surface area contributed by atoms with Crippen molar-refractivity contribution in [2.45, 2.75) is 11.6 Å². The predicted molar refractivity (Wildman–Crippen MR) is 25.3 cm³/mol. The summed E-state index contributed by atoms with van der Waals surface area (Å²) in [6.07, 6.45) is 0. The minimum Gasteiger partial charge on any atom is -0.193 e. The minimum atomic E-state index is -4.48. The predicted octanol–water partition coefficient (Wildman–Crippen LogP) is 0.871. The minimum absolute atomic E-state index is 1.05. The summed E-state index contributed by atoms with van der Waals surface area (Å²) in [4.78, 5) is 0. The van der Waals surface area contributed by atoms with Crippen LogP contribution in [-0.2, 0) is 10.2 Å². The number of halogens is 2. The molecule has 0 radical (unpaired) electrons. The Hall–Kier alpha value is 0.170. The lowest BCUT2D eigenvalue weighted by Crippen LogP contribution is -2.02. The van der Waals surface area contributed by atoms with E-state index in [0.717, 1.165) is 6.92 Å². The van der Waals surface area contributed by atoms with E-state index in [4.69, 9.17) is 11.6 Å². The number of hydrogen-bond acceptors (Lipinski definition) is 2. The van der Waals surface area contributed by atoms with Crippen molar-refractivity contribution < 1.29 is 12.3 Å². The third-order valence-electron chi connectivity index (χ3n) is 0.388. The molecule has 1 unspecified atom stereocenters. The van der Waals surface area contributed by atoms with Crippen LogP contribution >= 0.6 is 11.6 Å². The Morgan fingerprint density at radius 2 is 1.86 bits per heavy atom. The van der Waals surface area contributed by atoms with Gasteiger partial charge in [-0.05, 0) is 6.92 Å². The highest BCUT2D eigenvalue weighted by Crippen LogP contribution is 2.05. The largest absolute Gasteiger partial charge is 0.319 e. The molecule has 0 spiro atoms. The van der Waals surface area contributed by atoms with Crippen molar-refractivity contribution in [2.24, 2.45) is 0 Å². The number of rotatable bonds is 1. The fraction of sp³-hybridized carbons (Fsp3) is 1.00. The molecule has 0 aromatic heterocycles. The highest BCUT2D eigenvalue weighted by atomic mass is 35.5. The fourth-order valence-corrected chi connectivity index (χ4v) is 0. The van der Waals surface area contributed by atoms with E-state index in [9.17, 15) is 12.3 Å². The second-order valence-corrected chi connectivity index (χ2v) is 3.59. The standard InChI is InChI=1S/C2H4ClFO2S/c1-2(3)7(4,5)6/h2H,1H3. The Bertz CT molecular complexity index is 138. The van der Waals surface area contributed by atoms with Gasteiger partial charge in [0.25, 0.3) is 0 Å². The lowest BCUT2D eigenvalue weighted by Gasteiger charge is -1.89. The summed E-state index contributed by atoms with van der Waals surface area (Å²) in [6, 6.07) is 0. The van der Waals surface area contributed by atoms with Crippen molar-refractivity contribution in [3.63, 3.8) is 0 Å². The first-order valence-corrected chi connectivity index (χ1v) is 3.40. The molecule has 0 saturated carbocycles. The summed E-state index contributed by atoms with van der Waals surface area (Å²) in [5.74, 6) is 0. The summed E-state index contributed by atoms with van der Waals surface area (Å²) >= 11 is 4.79. The van der Waals surface area contributed by atoms with E-state index < -0.39 is 14.9 Å². The molecule has 0 saturated heterocycles. The van der Waals surface area contributed by atoms with Gasteiger partial charge in [0.1, 0.15) is 0 Å². The van der Waals surface area contributed by atoms with Gasteiger partial charge >= 0.3 is 10.2 Å². The molecular formula is C2H4ClFO2S. The molecule has 0 bridgehead atoms. The Morgan fingerprint density at radius 3 is 1.86 bits per heavy atom. The molecule has 0 aliphatic heterocycles. The molecular weight excluding hydrogens is 143 g/mol. The van der Waals surface area contributed by atoms with Gasteiger partial charge < -0.3 is 0 Å². The molecule has 2 nitrogen and oxygen atoms in total. The first-order chi connectivity index (χ1) is 2.94. The summed E-state index contributed by atoms with van der Waals surface area (Å²) in [7, 11) is -4.48. The third kappa shape index (κ3) is 2.82. The molecule has 0 amide bonds. The molecule has 0 aromatic carbocycles. The van der Waals surface area contributed by atoms with Crippen LogP contribution in [0.5, 0.6) is 0 Å². The molecule has 0 aromatic rings. The Labute approximate surface area is 46.5 Å². The zero-order valence-electron chi connectivity index (χ0n) is 3.56. The van der Waals surface area contributed by atoms with Crippen LogP contribution < -0.4 is 0 Å². The van der Waals surface area contributed by atoms with E-state index in [1.807, 2.05) is 0 Å². The highest BCUT2D eigenvalue weighted by molar-refractivity contribution is 7.88. The van der Waals surface area contributed by atoms with Crippen molar-refractivity contribution >= 4 is 21.8 Å². The average Bonchev–Trinajstić information content (AvgIpc) is 1.31. The first-order valence-electron chi connectivity index (χ1n) is 1.52. The number of alkyl halides is 1. The molecule has 7 heavy (non-hydrogen) atoms. The molecule has 0 N–H and O–H groups in total. The van der Waals surface area contributed by atoms with Gasteiger partial charge in [-0.15, -0.1) is 15.5 Å². The molecule has 0 aliphatic rings. The molecule has 0 heterocycles. The quantitative estimate of drug-likeness (QED) is 0.406. The molecule has 0 rings (SSSR count). The second-order valence-electron chi connectivity index (χ2n) is 1.02. The van der Waals surface area contributed by atoms with Gasteiger partial charge in [-0.2, -0.15) is 8.42 Å². The maximum Gasteiger partial charge on any atom is 0.319 e. The van der Waals surface area contributed by atoms with Crippen LogP contribution in [-0.4, -0.2) is 13.1 Å². The third-order valence-corrected chi connectivity index (χ3v) is 1.80. The van der Waals surface area contributed by atoms with E-state index in [0.29, 0.717) is 0 Å². The maximum absolute atomic E-state index is 11.4. The summed E-state index contributed by atoms with van der Waals surface area (Å²) in [6.45, 7) is 1.05. The Kier molecular flexibility index (Phi) is 2.01. The maximum atomic E-state index is 11.4. The van der Waals surface area contributed by atoms with E-state index in [1.165, 1.54) is 0 Å².